The van der Waals surface area contributed by atoms with Crippen LogP contribution in [0.1, 0.15) is 11.4 Å². The molecule has 2 aromatic rings. The van der Waals surface area contributed by atoms with Gasteiger partial charge in [-0.05, 0) is 25.1 Å². The Morgan fingerprint density at radius 3 is 3.05 bits per heavy atom. The third kappa shape index (κ3) is 2.21. The van der Waals surface area contributed by atoms with Crippen molar-refractivity contribution in [2.45, 2.75) is 19.5 Å². The van der Waals surface area contributed by atoms with Gasteiger partial charge in [0.05, 0.1) is 6.54 Å². The van der Waals surface area contributed by atoms with Crippen LogP contribution in [0.25, 0.3) is 0 Å². The van der Waals surface area contributed by atoms with Gasteiger partial charge in [0.2, 0.25) is 0 Å². The van der Waals surface area contributed by atoms with Crippen LogP contribution in [-0.4, -0.2) is 22.6 Å². The summed E-state index contributed by atoms with van der Waals surface area (Å²) >= 11 is 0. The average molecular weight is 260 g/mol. The normalized spacial score (nSPS) is 14.5. The molecule has 0 radical (unpaired) electrons. The van der Waals surface area contributed by atoms with E-state index < -0.39 is 0 Å². The number of aromatic nitrogens is 2. The standard InChI is InChI=1S/C14H17FN4/c15-12-2-1-3-13(11(12)4-5-16)19-9-8-18-7-6-17-14(18)10-19/h1-3,6-7H,4-5,8-10,16H2. The fraction of sp³-hybridized carbons (Fsp3) is 0.357. The smallest absolute Gasteiger partial charge is 0.128 e. The largest absolute Gasteiger partial charge is 0.362 e. The van der Waals surface area contributed by atoms with Crippen molar-refractivity contribution in [2.24, 2.45) is 5.73 Å². The van der Waals surface area contributed by atoms with Crippen molar-refractivity contribution in [3.8, 4) is 0 Å². The molecule has 0 saturated heterocycles. The zero-order valence-corrected chi connectivity index (χ0v) is 10.7. The molecule has 0 atom stereocenters. The Labute approximate surface area is 111 Å². The molecule has 1 aliphatic rings. The second kappa shape index (κ2) is 5.01. The molecule has 0 fully saturated rings. The molecule has 1 aliphatic heterocycles. The van der Waals surface area contributed by atoms with Gasteiger partial charge < -0.3 is 15.2 Å². The van der Waals surface area contributed by atoms with Gasteiger partial charge in [-0.3, -0.25) is 0 Å². The molecule has 2 heterocycles. The minimum Gasteiger partial charge on any atom is -0.362 e. The van der Waals surface area contributed by atoms with Gasteiger partial charge in [-0.2, -0.15) is 0 Å². The van der Waals surface area contributed by atoms with Crippen molar-refractivity contribution in [1.29, 1.82) is 0 Å². The van der Waals surface area contributed by atoms with Gasteiger partial charge in [0, 0.05) is 36.7 Å². The van der Waals surface area contributed by atoms with Crippen LogP contribution in [-0.2, 0) is 19.5 Å². The van der Waals surface area contributed by atoms with Crippen LogP contribution in [0.15, 0.2) is 30.6 Å². The maximum absolute atomic E-state index is 13.9. The summed E-state index contributed by atoms with van der Waals surface area (Å²) in [4.78, 5) is 6.51. The SMILES string of the molecule is NCCc1c(F)cccc1N1CCn2ccnc2C1. The predicted octanol–water partition coefficient (Wildman–Crippen LogP) is 1.54. The van der Waals surface area contributed by atoms with E-state index in [1.807, 2.05) is 18.5 Å². The molecule has 0 bridgehead atoms. The van der Waals surface area contributed by atoms with Crippen molar-refractivity contribution in [3.05, 3.63) is 47.8 Å². The summed E-state index contributed by atoms with van der Waals surface area (Å²) in [6.07, 6.45) is 4.36. The van der Waals surface area contributed by atoms with Crippen LogP contribution in [0.4, 0.5) is 10.1 Å². The van der Waals surface area contributed by atoms with E-state index in [2.05, 4.69) is 14.5 Å². The molecule has 1 aromatic heterocycles. The van der Waals surface area contributed by atoms with E-state index in [0.717, 1.165) is 24.6 Å². The van der Waals surface area contributed by atoms with Crippen LogP contribution >= 0.6 is 0 Å². The van der Waals surface area contributed by atoms with E-state index in [1.54, 1.807) is 6.07 Å². The summed E-state index contributed by atoms with van der Waals surface area (Å²) in [5, 5.41) is 0. The lowest BCUT2D eigenvalue weighted by Crippen LogP contribution is -2.34. The highest BCUT2D eigenvalue weighted by Crippen LogP contribution is 2.26. The topological polar surface area (TPSA) is 47.1 Å². The quantitative estimate of drug-likeness (QED) is 0.910. The Balaban J connectivity index is 1.93. The molecule has 5 heteroatoms. The van der Waals surface area contributed by atoms with E-state index in [0.29, 0.717) is 25.1 Å². The van der Waals surface area contributed by atoms with Gasteiger partial charge in [-0.1, -0.05) is 6.07 Å². The van der Waals surface area contributed by atoms with Gasteiger partial charge in [-0.25, -0.2) is 9.37 Å². The molecule has 0 amide bonds. The number of anilines is 1. The molecular formula is C14H17FN4. The highest BCUT2D eigenvalue weighted by molar-refractivity contribution is 5.54. The lowest BCUT2D eigenvalue weighted by molar-refractivity contribution is 0.553. The lowest BCUT2D eigenvalue weighted by Gasteiger charge is -2.31. The maximum Gasteiger partial charge on any atom is 0.128 e. The number of nitrogens with two attached hydrogens (primary N) is 1. The van der Waals surface area contributed by atoms with Crippen LogP contribution in [0.2, 0.25) is 0 Å². The third-order valence-electron chi connectivity index (χ3n) is 3.57. The average Bonchev–Trinajstić information content (AvgIpc) is 2.88. The Morgan fingerprint density at radius 2 is 2.21 bits per heavy atom. The van der Waals surface area contributed by atoms with E-state index in [9.17, 15) is 4.39 Å². The second-order valence-corrected chi connectivity index (χ2v) is 4.73. The van der Waals surface area contributed by atoms with E-state index in [4.69, 9.17) is 5.73 Å². The first-order valence-corrected chi connectivity index (χ1v) is 6.52. The fourth-order valence-electron chi connectivity index (χ4n) is 2.61. The van der Waals surface area contributed by atoms with Crippen LogP contribution in [0.5, 0.6) is 0 Å². The number of rotatable bonds is 3. The summed E-state index contributed by atoms with van der Waals surface area (Å²) in [6.45, 7) is 2.92. The number of imidazole rings is 1. The zero-order valence-electron chi connectivity index (χ0n) is 10.7. The molecular weight excluding hydrogens is 243 g/mol. The van der Waals surface area contributed by atoms with Crippen LogP contribution in [0.3, 0.4) is 0 Å². The van der Waals surface area contributed by atoms with Gasteiger partial charge in [0.15, 0.2) is 0 Å². The first-order valence-electron chi connectivity index (χ1n) is 6.52. The molecule has 4 nitrogen and oxygen atoms in total. The van der Waals surface area contributed by atoms with Crippen LogP contribution in [0, 0.1) is 5.82 Å². The number of benzene rings is 1. The van der Waals surface area contributed by atoms with Crippen LogP contribution < -0.4 is 10.6 Å². The molecule has 1 aromatic carbocycles. The fourth-order valence-corrected chi connectivity index (χ4v) is 2.61. The van der Waals surface area contributed by atoms with E-state index in [1.165, 1.54) is 6.07 Å². The summed E-state index contributed by atoms with van der Waals surface area (Å²) < 4.78 is 16.1. The van der Waals surface area contributed by atoms with E-state index in [-0.39, 0.29) is 5.82 Å². The summed E-state index contributed by atoms with van der Waals surface area (Å²) in [6, 6.07) is 5.22. The molecule has 100 valence electrons. The van der Waals surface area contributed by atoms with Crippen molar-refractivity contribution in [3.63, 3.8) is 0 Å². The Hall–Kier alpha value is -1.88. The lowest BCUT2D eigenvalue weighted by atomic mass is 10.1. The number of hydrogen-bond donors (Lipinski definition) is 1. The second-order valence-electron chi connectivity index (χ2n) is 4.73. The maximum atomic E-state index is 13.9. The number of fused-ring (bicyclic) bond motifs is 1. The zero-order chi connectivity index (χ0) is 13.2. The van der Waals surface area contributed by atoms with Crippen molar-refractivity contribution in [2.75, 3.05) is 18.0 Å². The van der Waals surface area contributed by atoms with Gasteiger partial charge in [-0.15, -0.1) is 0 Å². The van der Waals surface area contributed by atoms with Crippen molar-refractivity contribution < 1.29 is 4.39 Å². The molecule has 2 N–H and O–H groups in total. The van der Waals surface area contributed by atoms with Crippen molar-refractivity contribution in [1.82, 2.24) is 9.55 Å². The van der Waals surface area contributed by atoms with Crippen molar-refractivity contribution >= 4 is 5.69 Å². The highest BCUT2D eigenvalue weighted by Gasteiger charge is 2.20. The minimum absolute atomic E-state index is 0.170. The number of hydrogen-bond acceptors (Lipinski definition) is 3. The monoisotopic (exact) mass is 260 g/mol. The van der Waals surface area contributed by atoms with Gasteiger partial charge in [0.25, 0.3) is 0 Å². The Morgan fingerprint density at radius 1 is 1.32 bits per heavy atom. The number of halogens is 1. The predicted molar refractivity (Wildman–Crippen MR) is 72.4 cm³/mol. The first-order chi connectivity index (χ1) is 9.29. The third-order valence-corrected chi connectivity index (χ3v) is 3.57. The van der Waals surface area contributed by atoms with Gasteiger partial charge >= 0.3 is 0 Å². The molecule has 19 heavy (non-hydrogen) atoms. The molecule has 0 aliphatic carbocycles. The number of nitrogens with zero attached hydrogens (tertiary/aromatic N) is 3. The summed E-state index contributed by atoms with van der Waals surface area (Å²) in [7, 11) is 0. The minimum atomic E-state index is -0.170. The molecule has 0 unspecified atom stereocenters. The Kier molecular flexibility index (Phi) is 3.21. The molecule has 0 spiro atoms. The highest BCUT2D eigenvalue weighted by atomic mass is 19.1. The summed E-state index contributed by atoms with van der Waals surface area (Å²) in [5.41, 5.74) is 7.24. The summed E-state index contributed by atoms with van der Waals surface area (Å²) in [5.74, 6) is 0.853. The van der Waals surface area contributed by atoms with E-state index >= 15 is 0 Å². The first kappa shape index (κ1) is 12.2. The van der Waals surface area contributed by atoms with Gasteiger partial charge in [0.1, 0.15) is 11.6 Å². The Bertz CT molecular complexity index is 579. The molecule has 0 saturated carbocycles. The molecule has 3 rings (SSSR count).